The van der Waals surface area contributed by atoms with Gasteiger partial charge in [0.05, 0.1) is 4.90 Å². The van der Waals surface area contributed by atoms with E-state index >= 15 is 0 Å². The van der Waals surface area contributed by atoms with Crippen molar-refractivity contribution in [3.63, 3.8) is 0 Å². The Balaban J connectivity index is 1.51. The summed E-state index contributed by atoms with van der Waals surface area (Å²) in [4.78, 5) is 14.5. The highest BCUT2D eigenvalue weighted by molar-refractivity contribution is 7.89. The number of sulfonamides is 1. The zero-order valence-electron chi connectivity index (χ0n) is 17.2. The Kier molecular flexibility index (Phi) is 8.01. The molecule has 10 heteroatoms. The van der Waals surface area contributed by atoms with E-state index < -0.39 is 10.0 Å². The lowest BCUT2D eigenvalue weighted by Crippen LogP contribution is -2.46. The Hall–Kier alpha value is -2.04. The predicted octanol–water partition coefficient (Wildman–Crippen LogP) is 2.72. The third kappa shape index (κ3) is 6.47. The van der Waals surface area contributed by atoms with Crippen LogP contribution in [0.5, 0.6) is 0 Å². The Morgan fingerprint density at radius 2 is 1.71 bits per heavy atom. The van der Waals surface area contributed by atoms with E-state index in [9.17, 15) is 13.2 Å². The molecule has 1 amide bonds. The molecule has 0 atom stereocenters. The van der Waals surface area contributed by atoms with Gasteiger partial charge in [-0.2, -0.15) is 4.31 Å². The molecule has 1 heterocycles. The molecule has 1 aliphatic rings. The van der Waals surface area contributed by atoms with Crippen molar-refractivity contribution in [3.8, 4) is 0 Å². The molecule has 2 N–H and O–H groups in total. The van der Waals surface area contributed by atoms with Crippen LogP contribution in [0, 0.1) is 0 Å². The van der Waals surface area contributed by atoms with Crippen molar-refractivity contribution in [3.05, 3.63) is 59.1 Å². The lowest BCUT2D eigenvalue weighted by molar-refractivity contribution is -0.119. The van der Waals surface area contributed by atoms with Crippen molar-refractivity contribution in [2.45, 2.75) is 17.7 Å². The maximum atomic E-state index is 12.8. The molecule has 1 saturated heterocycles. The highest BCUT2D eigenvalue weighted by Gasteiger charge is 2.27. The fraction of sp³-hybridized carbons (Fsp3) is 0.333. The molecule has 2 aromatic rings. The van der Waals surface area contributed by atoms with Gasteiger partial charge in [0.1, 0.15) is 0 Å². The normalized spacial score (nSPS) is 15.4. The molecular weight excluding hydrogens is 456 g/mol. The van der Waals surface area contributed by atoms with Crippen LogP contribution in [0.15, 0.2) is 53.4 Å². The molecule has 2 aromatic carbocycles. The number of rotatable bonds is 6. The van der Waals surface area contributed by atoms with Crippen LogP contribution in [0.1, 0.15) is 12.0 Å². The van der Waals surface area contributed by atoms with Crippen molar-refractivity contribution < 1.29 is 13.2 Å². The maximum Gasteiger partial charge on any atom is 0.243 e. The number of carbonyl (C=O) groups is 1. The molecule has 166 valence electrons. The second-order valence-corrected chi connectivity index (χ2v) is 10.1. The zero-order valence-corrected chi connectivity index (χ0v) is 19.6. The summed E-state index contributed by atoms with van der Waals surface area (Å²) in [6.07, 6.45) is 0.751. The van der Waals surface area contributed by atoms with Crippen LogP contribution >= 0.6 is 23.8 Å². The third-order valence-electron chi connectivity index (χ3n) is 5.04. The number of thiocarbonyl (C=S) groups is 1. The van der Waals surface area contributed by atoms with Crippen LogP contribution in [0.3, 0.4) is 0 Å². The summed E-state index contributed by atoms with van der Waals surface area (Å²) < 4.78 is 27.1. The van der Waals surface area contributed by atoms with Gasteiger partial charge < -0.3 is 15.5 Å². The van der Waals surface area contributed by atoms with Crippen LogP contribution in [0.4, 0.5) is 5.69 Å². The molecule has 1 fully saturated rings. The topological polar surface area (TPSA) is 81.8 Å². The monoisotopic (exact) mass is 480 g/mol. The van der Waals surface area contributed by atoms with Crippen molar-refractivity contribution in [2.75, 3.05) is 38.5 Å². The van der Waals surface area contributed by atoms with Gasteiger partial charge in [-0.1, -0.05) is 29.8 Å². The predicted molar refractivity (Wildman–Crippen MR) is 127 cm³/mol. The number of nitrogens with one attached hydrogen (secondary N) is 2. The summed E-state index contributed by atoms with van der Waals surface area (Å²) in [6.45, 7) is 2.37. The second kappa shape index (κ2) is 10.5. The number of aryl methyl sites for hydroxylation is 1. The fourth-order valence-electron chi connectivity index (χ4n) is 3.19. The van der Waals surface area contributed by atoms with Crippen LogP contribution in [-0.4, -0.2) is 61.9 Å². The molecule has 0 radical (unpaired) electrons. The van der Waals surface area contributed by atoms with E-state index in [1.54, 1.807) is 18.2 Å². The summed E-state index contributed by atoms with van der Waals surface area (Å²) >= 11 is 11.3. The Morgan fingerprint density at radius 3 is 2.35 bits per heavy atom. The number of anilines is 1. The lowest BCUT2D eigenvalue weighted by atomic mass is 10.1. The molecule has 7 nitrogen and oxygen atoms in total. The lowest BCUT2D eigenvalue weighted by Gasteiger charge is -2.31. The Labute approximate surface area is 193 Å². The van der Waals surface area contributed by atoms with Gasteiger partial charge in [-0.15, -0.1) is 0 Å². The average molecular weight is 481 g/mol. The number of halogens is 1. The van der Waals surface area contributed by atoms with Crippen LogP contribution in [0.25, 0.3) is 0 Å². The molecule has 0 spiro atoms. The number of likely N-dealkylation sites (N-methyl/N-ethyl adjacent to an activating group) is 1. The molecule has 0 unspecified atom stereocenters. The van der Waals surface area contributed by atoms with Gasteiger partial charge in [0.25, 0.3) is 0 Å². The van der Waals surface area contributed by atoms with Crippen molar-refractivity contribution >= 4 is 50.5 Å². The average Bonchev–Trinajstić information content (AvgIpc) is 2.74. The maximum absolute atomic E-state index is 12.8. The van der Waals surface area contributed by atoms with E-state index in [4.69, 9.17) is 23.8 Å². The van der Waals surface area contributed by atoms with Crippen LogP contribution in [-0.2, 0) is 21.2 Å². The molecular formula is C21H25ClN4O3S2. The van der Waals surface area contributed by atoms with E-state index in [0.29, 0.717) is 43.3 Å². The standard InChI is InChI=1S/C21H25ClN4O3S2/c1-25-12-14-26(15-13-25)31(28,29)18-9-7-17(8-10-18)23-21(30)24-20(27)11-6-16-4-2-3-5-19(16)22/h2-5,7-10H,6,11-15H2,1H3,(H2,23,24,27,30). The van der Waals surface area contributed by atoms with Gasteiger partial charge in [-0.3, -0.25) is 4.79 Å². The number of amides is 1. The first-order chi connectivity index (χ1) is 14.8. The Morgan fingerprint density at radius 1 is 1.06 bits per heavy atom. The van der Waals surface area contributed by atoms with Gasteiger partial charge in [0.2, 0.25) is 15.9 Å². The van der Waals surface area contributed by atoms with Gasteiger partial charge in [0, 0.05) is 43.3 Å². The number of hydrogen-bond acceptors (Lipinski definition) is 5. The van der Waals surface area contributed by atoms with Gasteiger partial charge in [-0.25, -0.2) is 8.42 Å². The minimum absolute atomic E-state index is 0.152. The highest BCUT2D eigenvalue weighted by atomic mass is 35.5. The summed E-state index contributed by atoms with van der Waals surface area (Å²) in [7, 11) is -1.55. The molecule has 0 saturated carbocycles. The molecule has 3 rings (SSSR count). The van der Waals surface area contributed by atoms with Gasteiger partial charge in [-0.05, 0) is 61.6 Å². The SMILES string of the molecule is CN1CCN(S(=O)(=O)c2ccc(NC(=S)NC(=O)CCc3ccccc3Cl)cc2)CC1. The van der Waals surface area contributed by atoms with Crippen LogP contribution < -0.4 is 10.6 Å². The van der Waals surface area contributed by atoms with E-state index in [1.807, 2.05) is 25.2 Å². The van der Waals surface area contributed by atoms with E-state index in [0.717, 1.165) is 5.56 Å². The summed E-state index contributed by atoms with van der Waals surface area (Å²) in [5.74, 6) is -0.230. The molecule has 31 heavy (non-hydrogen) atoms. The number of nitrogens with zero attached hydrogens (tertiary/aromatic N) is 2. The van der Waals surface area contributed by atoms with E-state index in [1.165, 1.54) is 16.4 Å². The minimum Gasteiger partial charge on any atom is -0.332 e. The van der Waals surface area contributed by atoms with Gasteiger partial charge >= 0.3 is 0 Å². The third-order valence-corrected chi connectivity index (χ3v) is 7.53. The first-order valence-electron chi connectivity index (χ1n) is 9.89. The first-order valence-corrected chi connectivity index (χ1v) is 12.1. The smallest absolute Gasteiger partial charge is 0.243 e. The summed E-state index contributed by atoms with van der Waals surface area (Å²) in [6, 6.07) is 13.7. The van der Waals surface area contributed by atoms with Crippen molar-refractivity contribution in [1.29, 1.82) is 0 Å². The van der Waals surface area contributed by atoms with Crippen LogP contribution in [0.2, 0.25) is 5.02 Å². The van der Waals surface area contributed by atoms with E-state index in [-0.39, 0.29) is 22.3 Å². The minimum atomic E-state index is -3.52. The fourth-order valence-corrected chi connectivity index (χ4v) is 5.07. The second-order valence-electron chi connectivity index (χ2n) is 7.33. The van der Waals surface area contributed by atoms with Crippen molar-refractivity contribution in [1.82, 2.24) is 14.5 Å². The number of benzene rings is 2. The molecule has 0 bridgehead atoms. The summed E-state index contributed by atoms with van der Waals surface area (Å²) in [5.41, 5.74) is 1.49. The zero-order chi connectivity index (χ0) is 22.4. The van der Waals surface area contributed by atoms with E-state index in [2.05, 4.69) is 15.5 Å². The Bertz CT molecular complexity index is 1040. The molecule has 1 aliphatic heterocycles. The molecule has 0 aliphatic carbocycles. The highest BCUT2D eigenvalue weighted by Crippen LogP contribution is 2.20. The molecule has 0 aromatic heterocycles. The largest absolute Gasteiger partial charge is 0.332 e. The number of carbonyl (C=O) groups excluding carboxylic acids is 1. The number of piperazine rings is 1. The summed E-state index contributed by atoms with van der Waals surface area (Å²) in [5, 5.41) is 6.31. The quantitative estimate of drug-likeness (QED) is 0.619. The first kappa shape index (κ1) is 23.6. The number of hydrogen-bond donors (Lipinski definition) is 2. The van der Waals surface area contributed by atoms with Crippen molar-refractivity contribution in [2.24, 2.45) is 0 Å². The van der Waals surface area contributed by atoms with Gasteiger partial charge in [0.15, 0.2) is 5.11 Å².